The van der Waals surface area contributed by atoms with E-state index in [1.165, 1.54) is 0 Å². The van der Waals surface area contributed by atoms with Gasteiger partial charge in [0.2, 0.25) is 0 Å². The van der Waals surface area contributed by atoms with E-state index in [9.17, 15) is 0 Å². The smallest absolute Gasteiger partial charge is 0.293 e. The quantitative estimate of drug-likeness (QED) is 0.396. The van der Waals surface area contributed by atoms with Gasteiger partial charge in [-0.3, -0.25) is 4.79 Å². The molecule has 4 heavy (non-hydrogen) atoms. The molecular formula is C2H3O2. The SMILES string of the molecule is [CH2]OC=O. The normalized spacial score (nSPS) is 5.25. The molecule has 0 fully saturated rings. The first-order valence-electron chi connectivity index (χ1n) is 0.760. The molecule has 0 spiro atoms. The highest BCUT2D eigenvalue weighted by Crippen LogP contribution is 1.41. The standard InChI is InChI=1S/C2H3O2/c1-4-2-3/h2H,1H2. The Morgan fingerprint density at radius 1 is 2.00 bits per heavy atom. The maximum atomic E-state index is 8.89. The average molecular weight is 59.0 g/mol. The zero-order valence-corrected chi connectivity index (χ0v) is 2.10. The van der Waals surface area contributed by atoms with Crippen LogP contribution in [0.2, 0.25) is 0 Å². The molecule has 0 aromatic carbocycles. The van der Waals surface area contributed by atoms with E-state index in [2.05, 4.69) is 11.8 Å². The van der Waals surface area contributed by atoms with Crippen LogP contribution in [-0.2, 0) is 9.53 Å². The predicted octanol–water partition coefficient (Wildman–Crippen LogP) is -0.0490. The summed E-state index contributed by atoms with van der Waals surface area (Å²) in [5, 5.41) is 0. The Balaban J connectivity index is 2.30. The molecule has 0 aliphatic carbocycles. The van der Waals surface area contributed by atoms with E-state index in [1.54, 1.807) is 0 Å². The molecule has 0 rings (SSSR count). The summed E-state index contributed by atoms with van der Waals surface area (Å²) in [5.74, 6) is 0. The van der Waals surface area contributed by atoms with Crippen LogP contribution in [0.1, 0.15) is 0 Å². The van der Waals surface area contributed by atoms with E-state index < -0.39 is 0 Å². The summed E-state index contributed by atoms with van der Waals surface area (Å²) in [6, 6.07) is 0. The Labute approximate surface area is 24.4 Å². The number of ether oxygens (including phenoxy) is 1. The van der Waals surface area contributed by atoms with Crippen molar-refractivity contribution in [2.45, 2.75) is 0 Å². The minimum absolute atomic E-state index is 0.264. The van der Waals surface area contributed by atoms with Crippen LogP contribution in [0, 0.1) is 7.11 Å². The van der Waals surface area contributed by atoms with Gasteiger partial charge >= 0.3 is 0 Å². The van der Waals surface area contributed by atoms with Gasteiger partial charge < -0.3 is 4.74 Å². The maximum absolute atomic E-state index is 8.89. The molecule has 0 bridgehead atoms. The topological polar surface area (TPSA) is 26.3 Å². The van der Waals surface area contributed by atoms with Gasteiger partial charge in [0.1, 0.15) is 7.11 Å². The van der Waals surface area contributed by atoms with Gasteiger partial charge in [-0.15, -0.1) is 0 Å². The van der Waals surface area contributed by atoms with Gasteiger partial charge in [0.05, 0.1) is 0 Å². The second-order valence-electron chi connectivity index (χ2n) is 0.263. The van der Waals surface area contributed by atoms with E-state index in [0.717, 1.165) is 0 Å². The highest BCUT2D eigenvalue weighted by Gasteiger charge is 1.45. The predicted molar refractivity (Wildman–Crippen MR) is 12.5 cm³/mol. The van der Waals surface area contributed by atoms with Crippen LogP contribution in [0.15, 0.2) is 0 Å². The Hall–Kier alpha value is -0.530. The lowest BCUT2D eigenvalue weighted by molar-refractivity contribution is -0.124. The van der Waals surface area contributed by atoms with Crippen molar-refractivity contribution in [3.8, 4) is 0 Å². The molecule has 0 saturated heterocycles. The fourth-order valence-corrected chi connectivity index (χ4v) is 0. The molecule has 0 N–H and O–H groups in total. The Morgan fingerprint density at radius 2 is 2.25 bits per heavy atom. The monoisotopic (exact) mass is 59.0 g/mol. The second kappa shape index (κ2) is 2.47. The van der Waals surface area contributed by atoms with Crippen molar-refractivity contribution in [2.75, 3.05) is 0 Å². The van der Waals surface area contributed by atoms with E-state index >= 15 is 0 Å². The van der Waals surface area contributed by atoms with E-state index in [4.69, 9.17) is 4.79 Å². The fraction of sp³-hybridized carbons (Fsp3) is 0. The van der Waals surface area contributed by atoms with E-state index in [1.807, 2.05) is 0 Å². The molecule has 0 saturated carbocycles. The summed E-state index contributed by atoms with van der Waals surface area (Å²) in [6.45, 7) is 0.264. The van der Waals surface area contributed by atoms with E-state index in [0.29, 0.717) is 0 Å². The van der Waals surface area contributed by atoms with Crippen molar-refractivity contribution in [3.63, 3.8) is 0 Å². The third kappa shape index (κ3) is 1.47. The number of hydrogen-bond donors (Lipinski definition) is 0. The highest BCUT2D eigenvalue weighted by atomic mass is 16.5. The Morgan fingerprint density at radius 3 is 2.25 bits per heavy atom. The van der Waals surface area contributed by atoms with Crippen LogP contribution in [-0.4, -0.2) is 6.47 Å². The lowest BCUT2D eigenvalue weighted by atomic mass is 11.5. The molecule has 1 radical (unpaired) electrons. The molecule has 0 unspecified atom stereocenters. The number of carbonyl (C=O) groups excluding carboxylic acids is 1. The zero-order chi connectivity index (χ0) is 3.41. The van der Waals surface area contributed by atoms with Crippen LogP contribution >= 0.6 is 0 Å². The summed E-state index contributed by atoms with van der Waals surface area (Å²) in [4.78, 5) is 8.89. The van der Waals surface area contributed by atoms with Gasteiger partial charge in [-0.1, -0.05) is 0 Å². The molecule has 0 amide bonds. The van der Waals surface area contributed by atoms with Crippen molar-refractivity contribution >= 4 is 6.47 Å². The summed E-state index contributed by atoms with van der Waals surface area (Å²) >= 11 is 0. The van der Waals surface area contributed by atoms with Crippen LogP contribution in [0.25, 0.3) is 0 Å². The van der Waals surface area contributed by atoms with E-state index in [-0.39, 0.29) is 6.47 Å². The first kappa shape index (κ1) is 3.47. The fourth-order valence-electron chi connectivity index (χ4n) is 0. The van der Waals surface area contributed by atoms with Crippen molar-refractivity contribution in [1.29, 1.82) is 0 Å². The summed E-state index contributed by atoms with van der Waals surface area (Å²) in [6.07, 6.45) is 0. The van der Waals surface area contributed by atoms with Gasteiger partial charge in [-0.2, -0.15) is 0 Å². The van der Waals surface area contributed by atoms with Gasteiger partial charge in [0.25, 0.3) is 6.47 Å². The van der Waals surface area contributed by atoms with Crippen molar-refractivity contribution in [2.24, 2.45) is 0 Å². The first-order valence-corrected chi connectivity index (χ1v) is 0.760. The summed E-state index contributed by atoms with van der Waals surface area (Å²) in [7, 11) is 2.74. The summed E-state index contributed by atoms with van der Waals surface area (Å²) in [5.41, 5.74) is 0. The minimum Gasteiger partial charge on any atom is -0.464 e. The van der Waals surface area contributed by atoms with Gasteiger partial charge in [0, 0.05) is 0 Å². The zero-order valence-electron chi connectivity index (χ0n) is 2.10. The Kier molecular flexibility index (Phi) is 2.14. The molecule has 2 nitrogen and oxygen atoms in total. The third-order valence-electron chi connectivity index (χ3n) is 0.0680. The van der Waals surface area contributed by atoms with Crippen LogP contribution in [0.4, 0.5) is 0 Å². The molecule has 0 aromatic rings. The third-order valence-corrected chi connectivity index (χ3v) is 0.0680. The molecule has 0 aliphatic rings. The first-order chi connectivity index (χ1) is 1.91. The molecular weight excluding hydrogens is 56.0 g/mol. The number of carbonyl (C=O) groups is 1. The summed E-state index contributed by atoms with van der Waals surface area (Å²) < 4.78 is 3.61. The maximum Gasteiger partial charge on any atom is 0.293 e. The van der Waals surface area contributed by atoms with Crippen molar-refractivity contribution in [1.82, 2.24) is 0 Å². The lowest BCUT2D eigenvalue weighted by Crippen LogP contribution is -1.63. The molecule has 23 valence electrons. The largest absolute Gasteiger partial charge is 0.464 e. The van der Waals surface area contributed by atoms with Crippen LogP contribution in [0.3, 0.4) is 0 Å². The second-order valence-corrected chi connectivity index (χ2v) is 0.263. The lowest BCUT2D eigenvalue weighted by Gasteiger charge is -1.65. The minimum atomic E-state index is 0.264. The molecule has 0 atom stereocenters. The van der Waals surface area contributed by atoms with Crippen molar-refractivity contribution in [3.05, 3.63) is 7.11 Å². The highest BCUT2D eigenvalue weighted by molar-refractivity contribution is 5.36. The van der Waals surface area contributed by atoms with Crippen molar-refractivity contribution < 1.29 is 9.53 Å². The number of rotatable bonds is 1. The van der Waals surface area contributed by atoms with Crippen LogP contribution < -0.4 is 0 Å². The number of hydrogen-bond acceptors (Lipinski definition) is 2. The molecule has 0 heterocycles. The molecule has 0 aromatic heterocycles. The molecule has 0 aliphatic heterocycles. The van der Waals surface area contributed by atoms with Gasteiger partial charge in [-0.05, 0) is 0 Å². The van der Waals surface area contributed by atoms with Crippen LogP contribution in [0.5, 0.6) is 0 Å². The molecule has 2 heteroatoms. The van der Waals surface area contributed by atoms with Gasteiger partial charge in [-0.25, -0.2) is 0 Å². The Bertz CT molecular complexity index is 18.0. The average Bonchev–Trinajstić information content (AvgIpc) is 1.37. The van der Waals surface area contributed by atoms with Gasteiger partial charge in [0.15, 0.2) is 0 Å².